The van der Waals surface area contributed by atoms with Crippen LogP contribution in [0.5, 0.6) is 0 Å². The number of benzene rings is 1. The fourth-order valence-corrected chi connectivity index (χ4v) is 3.38. The number of amides is 1. The standard InChI is InChI=1S/C21H30N4OS/c1-16(17-10-7-6-8-11-17)24-20(22-14-19(26)25(4)5)23-15-21(2,3)18-12-9-13-27-18/h6-13,16H,14-15H2,1-5H3,(H2,22,23,24). The number of rotatable bonds is 7. The number of likely N-dealkylation sites (N-methyl/N-ethyl adjacent to an activating group) is 1. The van der Waals surface area contributed by atoms with E-state index in [4.69, 9.17) is 0 Å². The summed E-state index contributed by atoms with van der Waals surface area (Å²) in [4.78, 5) is 19.3. The Bertz CT molecular complexity index is 739. The number of hydrogen-bond donors (Lipinski definition) is 2. The smallest absolute Gasteiger partial charge is 0.243 e. The minimum atomic E-state index is -0.0296. The molecule has 27 heavy (non-hydrogen) atoms. The fourth-order valence-electron chi connectivity index (χ4n) is 2.53. The number of hydrogen-bond acceptors (Lipinski definition) is 3. The highest BCUT2D eigenvalue weighted by molar-refractivity contribution is 7.10. The topological polar surface area (TPSA) is 56.7 Å². The first kappa shape index (κ1) is 21.0. The molecule has 1 unspecified atom stereocenters. The number of nitrogens with one attached hydrogen (secondary N) is 2. The summed E-state index contributed by atoms with van der Waals surface area (Å²) in [6, 6.07) is 14.5. The summed E-state index contributed by atoms with van der Waals surface area (Å²) in [5.41, 5.74) is 1.14. The lowest BCUT2D eigenvalue weighted by molar-refractivity contribution is -0.127. The molecule has 0 saturated carbocycles. The SMILES string of the molecule is CC(NC(=NCC(=O)N(C)C)NCC(C)(C)c1cccs1)c1ccccc1. The molecule has 0 aliphatic carbocycles. The highest BCUT2D eigenvalue weighted by Crippen LogP contribution is 2.26. The van der Waals surface area contributed by atoms with Crippen LogP contribution in [0.25, 0.3) is 0 Å². The van der Waals surface area contributed by atoms with E-state index in [0.717, 1.165) is 6.54 Å². The minimum Gasteiger partial charge on any atom is -0.355 e. The number of aliphatic imine (C=N–C) groups is 1. The Hall–Kier alpha value is -2.34. The summed E-state index contributed by atoms with van der Waals surface area (Å²) in [5.74, 6) is 0.618. The normalized spacial score (nSPS) is 13.1. The average Bonchev–Trinajstić information content (AvgIpc) is 3.20. The van der Waals surface area contributed by atoms with Gasteiger partial charge in [-0.3, -0.25) is 4.79 Å². The molecule has 1 atom stereocenters. The van der Waals surface area contributed by atoms with Crippen LogP contribution in [0, 0.1) is 0 Å². The van der Waals surface area contributed by atoms with E-state index in [9.17, 15) is 4.79 Å². The van der Waals surface area contributed by atoms with Gasteiger partial charge in [0.1, 0.15) is 6.54 Å². The first-order chi connectivity index (χ1) is 12.8. The molecule has 0 aliphatic heterocycles. The van der Waals surface area contributed by atoms with Crippen LogP contribution in [-0.2, 0) is 10.2 Å². The van der Waals surface area contributed by atoms with Crippen LogP contribution in [0.15, 0.2) is 52.8 Å². The number of thiophene rings is 1. The van der Waals surface area contributed by atoms with Gasteiger partial charge in [0.05, 0.1) is 6.04 Å². The summed E-state index contributed by atoms with van der Waals surface area (Å²) in [5, 5.41) is 8.93. The maximum Gasteiger partial charge on any atom is 0.243 e. The van der Waals surface area contributed by atoms with Crippen molar-refractivity contribution < 1.29 is 4.79 Å². The lowest BCUT2D eigenvalue weighted by Gasteiger charge is -2.26. The molecule has 5 nitrogen and oxygen atoms in total. The van der Waals surface area contributed by atoms with E-state index < -0.39 is 0 Å². The van der Waals surface area contributed by atoms with Crippen LogP contribution in [0.4, 0.5) is 0 Å². The first-order valence-electron chi connectivity index (χ1n) is 9.13. The van der Waals surface area contributed by atoms with Crippen molar-refractivity contribution in [1.29, 1.82) is 0 Å². The van der Waals surface area contributed by atoms with Crippen molar-refractivity contribution in [2.75, 3.05) is 27.2 Å². The summed E-state index contributed by atoms with van der Waals surface area (Å²) in [6.07, 6.45) is 0. The third-order valence-electron chi connectivity index (χ3n) is 4.41. The molecule has 1 aromatic heterocycles. The van der Waals surface area contributed by atoms with Crippen LogP contribution in [-0.4, -0.2) is 44.0 Å². The predicted octanol–water partition coefficient (Wildman–Crippen LogP) is 3.41. The van der Waals surface area contributed by atoms with Gasteiger partial charge in [-0.15, -0.1) is 11.3 Å². The molecular weight excluding hydrogens is 356 g/mol. The van der Waals surface area contributed by atoms with E-state index >= 15 is 0 Å². The third kappa shape index (κ3) is 6.40. The molecule has 1 amide bonds. The van der Waals surface area contributed by atoms with Crippen molar-refractivity contribution in [3.63, 3.8) is 0 Å². The molecule has 2 N–H and O–H groups in total. The van der Waals surface area contributed by atoms with Crippen LogP contribution in [0.1, 0.15) is 37.3 Å². The maximum atomic E-state index is 12.0. The van der Waals surface area contributed by atoms with E-state index in [1.165, 1.54) is 10.4 Å². The van der Waals surface area contributed by atoms with Gasteiger partial charge in [0.2, 0.25) is 5.91 Å². The Morgan fingerprint density at radius 1 is 1.19 bits per heavy atom. The highest BCUT2D eigenvalue weighted by atomic mass is 32.1. The Morgan fingerprint density at radius 3 is 2.48 bits per heavy atom. The van der Waals surface area contributed by atoms with Gasteiger partial charge < -0.3 is 15.5 Å². The lowest BCUT2D eigenvalue weighted by Crippen LogP contribution is -2.44. The predicted molar refractivity (Wildman–Crippen MR) is 114 cm³/mol. The summed E-state index contributed by atoms with van der Waals surface area (Å²) in [6.45, 7) is 7.33. The molecule has 6 heteroatoms. The second kappa shape index (κ2) is 9.55. The Balaban J connectivity index is 2.09. The van der Waals surface area contributed by atoms with Crippen molar-refractivity contribution in [3.05, 3.63) is 58.3 Å². The zero-order chi connectivity index (χ0) is 19.9. The molecule has 146 valence electrons. The zero-order valence-corrected chi connectivity index (χ0v) is 17.6. The molecule has 0 aliphatic rings. The van der Waals surface area contributed by atoms with Crippen LogP contribution in [0.2, 0.25) is 0 Å². The van der Waals surface area contributed by atoms with Gasteiger partial charge >= 0.3 is 0 Å². The van der Waals surface area contributed by atoms with Crippen molar-refractivity contribution in [3.8, 4) is 0 Å². The van der Waals surface area contributed by atoms with Crippen LogP contribution >= 0.6 is 11.3 Å². The minimum absolute atomic E-state index is 0.0269. The molecule has 0 radical (unpaired) electrons. The number of guanidine groups is 1. The second-order valence-corrected chi connectivity index (χ2v) is 8.39. The third-order valence-corrected chi connectivity index (χ3v) is 5.65. The summed E-state index contributed by atoms with van der Waals surface area (Å²) < 4.78 is 0. The summed E-state index contributed by atoms with van der Waals surface area (Å²) >= 11 is 1.75. The molecule has 0 spiro atoms. The molecule has 1 heterocycles. The Morgan fingerprint density at radius 2 is 1.89 bits per heavy atom. The Labute approximate surface area is 166 Å². The van der Waals surface area contributed by atoms with Crippen molar-refractivity contribution in [1.82, 2.24) is 15.5 Å². The molecule has 2 aromatic rings. The van der Waals surface area contributed by atoms with Gasteiger partial charge in [-0.2, -0.15) is 0 Å². The molecule has 0 bridgehead atoms. The van der Waals surface area contributed by atoms with E-state index in [1.807, 2.05) is 18.2 Å². The first-order valence-corrected chi connectivity index (χ1v) is 10.0. The van der Waals surface area contributed by atoms with E-state index in [2.05, 4.69) is 66.0 Å². The Kier molecular flexibility index (Phi) is 7.42. The van der Waals surface area contributed by atoms with Gasteiger partial charge in [0.25, 0.3) is 0 Å². The quantitative estimate of drug-likeness (QED) is 0.566. The van der Waals surface area contributed by atoms with Gasteiger partial charge in [-0.1, -0.05) is 50.2 Å². The maximum absolute atomic E-state index is 12.0. The molecule has 0 saturated heterocycles. The second-order valence-electron chi connectivity index (χ2n) is 7.44. The monoisotopic (exact) mass is 386 g/mol. The number of carbonyl (C=O) groups excluding carboxylic acids is 1. The number of carbonyl (C=O) groups is 1. The highest BCUT2D eigenvalue weighted by Gasteiger charge is 2.22. The van der Waals surface area contributed by atoms with E-state index in [0.29, 0.717) is 5.96 Å². The van der Waals surface area contributed by atoms with Crippen molar-refractivity contribution in [2.24, 2.45) is 4.99 Å². The largest absolute Gasteiger partial charge is 0.355 e. The number of nitrogens with zero attached hydrogens (tertiary/aromatic N) is 2. The van der Waals surface area contributed by atoms with Gasteiger partial charge in [-0.05, 0) is 23.9 Å². The van der Waals surface area contributed by atoms with Gasteiger partial charge in [-0.25, -0.2) is 4.99 Å². The van der Waals surface area contributed by atoms with Crippen molar-refractivity contribution >= 4 is 23.2 Å². The zero-order valence-electron chi connectivity index (χ0n) is 16.8. The molecular formula is C21H30N4OS. The van der Waals surface area contributed by atoms with Crippen LogP contribution < -0.4 is 10.6 Å². The van der Waals surface area contributed by atoms with Crippen LogP contribution in [0.3, 0.4) is 0 Å². The van der Waals surface area contributed by atoms with Gasteiger partial charge in [0, 0.05) is 30.9 Å². The molecule has 0 fully saturated rings. The summed E-state index contributed by atoms with van der Waals surface area (Å²) in [7, 11) is 3.48. The van der Waals surface area contributed by atoms with E-state index in [-0.39, 0.29) is 23.9 Å². The van der Waals surface area contributed by atoms with Crippen molar-refractivity contribution in [2.45, 2.75) is 32.2 Å². The average molecular weight is 387 g/mol. The fraction of sp³-hybridized carbons (Fsp3) is 0.429. The lowest BCUT2D eigenvalue weighted by atomic mass is 9.91. The van der Waals surface area contributed by atoms with Gasteiger partial charge in [0.15, 0.2) is 5.96 Å². The molecule has 2 rings (SSSR count). The molecule has 1 aromatic carbocycles. The van der Waals surface area contributed by atoms with E-state index in [1.54, 1.807) is 30.3 Å².